The molecule has 0 nitrogen and oxygen atoms in total. The maximum atomic E-state index is 3.41. The molecule has 0 saturated heterocycles. The van der Waals surface area contributed by atoms with Gasteiger partial charge in [-0.2, -0.15) is 0 Å². The Bertz CT molecular complexity index is 291. The van der Waals surface area contributed by atoms with Gasteiger partial charge in [-0.15, -0.1) is 11.8 Å². The van der Waals surface area contributed by atoms with E-state index in [0.717, 1.165) is 24.7 Å². The third-order valence-corrected chi connectivity index (χ3v) is 5.29. The first-order chi connectivity index (χ1) is 11.7. The molecule has 1 atom stereocenters. The number of hydrogen-bond donors (Lipinski definition) is 0. The minimum Gasteiger partial charge on any atom is -0.103 e. The zero-order valence-electron chi connectivity index (χ0n) is 17.5. The lowest BCUT2D eigenvalue weighted by Crippen LogP contribution is -2.08. The van der Waals surface area contributed by atoms with Gasteiger partial charge in [0.15, 0.2) is 0 Å². The summed E-state index contributed by atoms with van der Waals surface area (Å²) >= 11 is 0. The average Bonchev–Trinajstić information content (AvgIpc) is 2.57. The molecule has 1 unspecified atom stereocenters. The molecule has 142 valence electrons. The van der Waals surface area contributed by atoms with Crippen LogP contribution in [0.3, 0.4) is 0 Å². The predicted molar refractivity (Wildman–Crippen MR) is 111 cm³/mol. The van der Waals surface area contributed by atoms with E-state index in [1.807, 2.05) is 0 Å². The molecule has 0 aromatic rings. The van der Waals surface area contributed by atoms with Crippen molar-refractivity contribution in [1.29, 1.82) is 0 Å². The van der Waals surface area contributed by atoms with Crippen LogP contribution in [-0.2, 0) is 0 Å². The molecule has 0 aliphatic carbocycles. The molecule has 0 N–H and O–H groups in total. The van der Waals surface area contributed by atoms with E-state index in [-0.39, 0.29) is 0 Å². The van der Waals surface area contributed by atoms with Crippen LogP contribution in [-0.4, -0.2) is 0 Å². The first kappa shape index (κ1) is 23.6. The lowest BCUT2D eigenvalue weighted by Gasteiger charge is -2.19. The molecule has 0 amide bonds. The Morgan fingerprint density at radius 1 is 0.542 bits per heavy atom. The van der Waals surface area contributed by atoms with Crippen molar-refractivity contribution >= 4 is 0 Å². The summed E-state index contributed by atoms with van der Waals surface area (Å²) in [4.78, 5) is 0. The Labute approximate surface area is 154 Å². The van der Waals surface area contributed by atoms with E-state index in [2.05, 4.69) is 39.5 Å². The number of unbranched alkanes of at least 4 members (excludes halogenated alkanes) is 11. The Hall–Kier alpha value is -0.440. The molecule has 0 aliphatic rings. The Morgan fingerprint density at radius 3 is 1.62 bits per heavy atom. The Morgan fingerprint density at radius 2 is 1.04 bits per heavy atom. The van der Waals surface area contributed by atoms with Crippen LogP contribution in [0.5, 0.6) is 0 Å². The summed E-state index contributed by atoms with van der Waals surface area (Å²) in [5.41, 5.74) is 0. The molecule has 0 rings (SSSR count). The second-order valence-electron chi connectivity index (χ2n) is 7.97. The topological polar surface area (TPSA) is 0 Å². The highest BCUT2D eigenvalue weighted by molar-refractivity contribution is 4.98. The zero-order valence-corrected chi connectivity index (χ0v) is 17.5. The van der Waals surface area contributed by atoms with Crippen molar-refractivity contribution in [3.63, 3.8) is 0 Å². The lowest BCUT2D eigenvalue weighted by molar-refractivity contribution is 0.327. The predicted octanol–water partition coefficient (Wildman–Crippen LogP) is 8.54. The molecule has 0 fully saturated rings. The van der Waals surface area contributed by atoms with Crippen molar-refractivity contribution in [1.82, 2.24) is 0 Å². The molecule has 0 aromatic carbocycles. The van der Waals surface area contributed by atoms with Crippen molar-refractivity contribution in [3.8, 4) is 11.8 Å². The third-order valence-electron chi connectivity index (χ3n) is 5.29. The summed E-state index contributed by atoms with van der Waals surface area (Å²) < 4.78 is 0. The normalized spacial score (nSPS) is 12.2. The van der Waals surface area contributed by atoms with Gasteiger partial charge in [-0.1, -0.05) is 105 Å². The summed E-state index contributed by atoms with van der Waals surface area (Å²) in [6.45, 7) is 9.34. The van der Waals surface area contributed by atoms with Gasteiger partial charge in [0, 0.05) is 12.8 Å². The van der Waals surface area contributed by atoms with Crippen LogP contribution in [0.25, 0.3) is 0 Å². The standard InChI is InChI=1S/C24H46/c1-5-7-9-11-13-14-16-18-20-22-24(23(3)4)21-19-17-15-12-10-8-6-2/h23-24H,5-14,16,18-22H2,1-4H3. The van der Waals surface area contributed by atoms with Crippen molar-refractivity contribution in [3.05, 3.63) is 0 Å². The second-order valence-corrected chi connectivity index (χ2v) is 7.97. The van der Waals surface area contributed by atoms with Crippen LogP contribution >= 0.6 is 0 Å². The van der Waals surface area contributed by atoms with E-state index in [9.17, 15) is 0 Å². The maximum Gasteiger partial charge on any atom is 0.00914 e. The summed E-state index contributed by atoms with van der Waals surface area (Å²) in [5.74, 6) is 8.49. The monoisotopic (exact) mass is 334 g/mol. The van der Waals surface area contributed by atoms with Crippen LogP contribution < -0.4 is 0 Å². The largest absolute Gasteiger partial charge is 0.103 e. The number of rotatable bonds is 16. The van der Waals surface area contributed by atoms with E-state index in [0.29, 0.717) is 0 Å². The second kappa shape index (κ2) is 18.9. The van der Waals surface area contributed by atoms with E-state index >= 15 is 0 Å². The van der Waals surface area contributed by atoms with E-state index in [1.54, 1.807) is 0 Å². The molecule has 0 aliphatic heterocycles. The fourth-order valence-electron chi connectivity index (χ4n) is 3.43. The summed E-state index contributed by atoms with van der Waals surface area (Å²) in [6, 6.07) is 0. The zero-order chi connectivity index (χ0) is 17.9. The fraction of sp³-hybridized carbons (Fsp3) is 0.917. The molecule has 0 heterocycles. The fourth-order valence-corrected chi connectivity index (χ4v) is 3.43. The molecule has 0 spiro atoms. The number of hydrogen-bond acceptors (Lipinski definition) is 0. The highest BCUT2D eigenvalue weighted by Gasteiger charge is 2.11. The third kappa shape index (κ3) is 16.4. The van der Waals surface area contributed by atoms with Crippen LogP contribution in [0.2, 0.25) is 0 Å². The highest BCUT2D eigenvalue weighted by Crippen LogP contribution is 2.24. The first-order valence-electron chi connectivity index (χ1n) is 11.2. The Balaban J connectivity index is 3.59. The maximum absolute atomic E-state index is 3.41. The van der Waals surface area contributed by atoms with Gasteiger partial charge < -0.3 is 0 Å². The van der Waals surface area contributed by atoms with E-state index in [1.165, 1.54) is 89.9 Å². The van der Waals surface area contributed by atoms with Gasteiger partial charge in [-0.05, 0) is 24.7 Å². The minimum atomic E-state index is 0.820. The summed E-state index contributed by atoms with van der Waals surface area (Å²) in [5, 5.41) is 0. The first-order valence-corrected chi connectivity index (χ1v) is 11.2. The quantitative estimate of drug-likeness (QED) is 0.196. The smallest absolute Gasteiger partial charge is 0.00914 e. The van der Waals surface area contributed by atoms with Gasteiger partial charge in [-0.25, -0.2) is 0 Å². The minimum absolute atomic E-state index is 0.820. The van der Waals surface area contributed by atoms with Crippen molar-refractivity contribution < 1.29 is 0 Å². The molecule has 0 saturated carbocycles. The molecule has 0 radical (unpaired) electrons. The van der Waals surface area contributed by atoms with Gasteiger partial charge in [0.2, 0.25) is 0 Å². The SMILES string of the molecule is CCCCCC#CCCC(CCCCCCCCCCC)C(C)C. The van der Waals surface area contributed by atoms with E-state index < -0.39 is 0 Å². The lowest BCUT2D eigenvalue weighted by atomic mass is 9.86. The van der Waals surface area contributed by atoms with Gasteiger partial charge in [0.25, 0.3) is 0 Å². The van der Waals surface area contributed by atoms with Gasteiger partial charge in [-0.3, -0.25) is 0 Å². The van der Waals surface area contributed by atoms with E-state index in [4.69, 9.17) is 0 Å². The van der Waals surface area contributed by atoms with Crippen molar-refractivity contribution in [2.24, 2.45) is 11.8 Å². The van der Waals surface area contributed by atoms with Crippen molar-refractivity contribution in [2.45, 2.75) is 130 Å². The van der Waals surface area contributed by atoms with Gasteiger partial charge >= 0.3 is 0 Å². The summed E-state index contributed by atoms with van der Waals surface area (Å²) in [6.07, 6.45) is 21.8. The van der Waals surface area contributed by atoms with Crippen LogP contribution in [0, 0.1) is 23.7 Å². The molecular weight excluding hydrogens is 288 g/mol. The van der Waals surface area contributed by atoms with Crippen LogP contribution in [0.4, 0.5) is 0 Å². The van der Waals surface area contributed by atoms with Crippen molar-refractivity contribution in [2.75, 3.05) is 0 Å². The molecule has 0 heteroatoms. The molecular formula is C24H46. The molecule has 24 heavy (non-hydrogen) atoms. The molecule has 0 bridgehead atoms. The Kier molecular flexibility index (Phi) is 18.5. The van der Waals surface area contributed by atoms with Gasteiger partial charge in [0.1, 0.15) is 0 Å². The summed E-state index contributed by atoms with van der Waals surface area (Å²) in [7, 11) is 0. The van der Waals surface area contributed by atoms with Gasteiger partial charge in [0.05, 0.1) is 0 Å². The average molecular weight is 335 g/mol. The van der Waals surface area contributed by atoms with Crippen LogP contribution in [0.1, 0.15) is 130 Å². The highest BCUT2D eigenvalue weighted by atomic mass is 14.2. The molecule has 0 aromatic heterocycles. The van der Waals surface area contributed by atoms with Crippen LogP contribution in [0.15, 0.2) is 0 Å².